The molecule has 0 aliphatic heterocycles. The number of carbonyl (C=O) groups excluding carboxylic acids is 1. The fourth-order valence-electron chi connectivity index (χ4n) is 1.65. The number of thiophene rings is 1. The molecule has 1 amide bonds. The van der Waals surface area contributed by atoms with Crippen molar-refractivity contribution in [3.05, 3.63) is 19.9 Å². The molecule has 1 aliphatic rings. The standard InChI is InChI=1S/C11H13IN2OS2/c12-9-5-7(6-17-9)11(15)14(8-1-2-8)4-3-10(13)16/h5-6,8H,1-4H2,(H2,13,16). The van der Waals surface area contributed by atoms with Gasteiger partial charge in [-0.05, 0) is 41.5 Å². The summed E-state index contributed by atoms with van der Waals surface area (Å²) in [5, 5.41) is 1.92. The van der Waals surface area contributed by atoms with Gasteiger partial charge in [-0.15, -0.1) is 11.3 Å². The Hall–Kier alpha value is -0.210. The van der Waals surface area contributed by atoms with Crippen molar-refractivity contribution in [1.82, 2.24) is 4.90 Å². The van der Waals surface area contributed by atoms with Crippen LogP contribution in [0.4, 0.5) is 0 Å². The largest absolute Gasteiger partial charge is 0.393 e. The SMILES string of the molecule is NC(=S)CCN(C(=O)c1csc(I)c1)C1CC1. The number of rotatable bonds is 5. The molecule has 1 aromatic rings. The monoisotopic (exact) mass is 380 g/mol. The molecule has 0 bridgehead atoms. The van der Waals surface area contributed by atoms with Gasteiger partial charge in [-0.1, -0.05) is 12.2 Å². The van der Waals surface area contributed by atoms with Crippen molar-refractivity contribution in [2.45, 2.75) is 25.3 Å². The van der Waals surface area contributed by atoms with Crippen LogP contribution in [-0.4, -0.2) is 28.4 Å². The van der Waals surface area contributed by atoms with Gasteiger partial charge in [-0.3, -0.25) is 4.79 Å². The minimum atomic E-state index is 0.114. The lowest BCUT2D eigenvalue weighted by Crippen LogP contribution is -2.35. The summed E-state index contributed by atoms with van der Waals surface area (Å²) in [6.07, 6.45) is 2.81. The Kier molecular flexibility index (Phi) is 4.37. The molecular weight excluding hydrogens is 367 g/mol. The normalized spacial score (nSPS) is 14.6. The molecule has 1 aliphatic carbocycles. The van der Waals surface area contributed by atoms with E-state index in [1.54, 1.807) is 11.3 Å². The van der Waals surface area contributed by atoms with E-state index in [2.05, 4.69) is 22.6 Å². The predicted octanol–water partition coefficient (Wildman–Crippen LogP) is 2.63. The number of hydrogen-bond donors (Lipinski definition) is 1. The highest BCUT2D eigenvalue weighted by Crippen LogP contribution is 2.29. The van der Waals surface area contributed by atoms with E-state index in [0.717, 1.165) is 21.3 Å². The second kappa shape index (κ2) is 5.62. The smallest absolute Gasteiger partial charge is 0.254 e. The van der Waals surface area contributed by atoms with Crippen molar-refractivity contribution in [3.8, 4) is 0 Å². The van der Waals surface area contributed by atoms with Crippen molar-refractivity contribution in [2.75, 3.05) is 6.54 Å². The van der Waals surface area contributed by atoms with E-state index < -0.39 is 0 Å². The molecule has 3 nitrogen and oxygen atoms in total. The maximum atomic E-state index is 12.3. The number of hydrogen-bond acceptors (Lipinski definition) is 3. The first-order valence-corrected chi connectivity index (χ1v) is 7.78. The molecule has 1 fully saturated rings. The van der Waals surface area contributed by atoms with Gasteiger partial charge in [-0.2, -0.15) is 0 Å². The van der Waals surface area contributed by atoms with E-state index in [-0.39, 0.29) is 5.91 Å². The van der Waals surface area contributed by atoms with Crippen LogP contribution in [0.5, 0.6) is 0 Å². The highest BCUT2D eigenvalue weighted by atomic mass is 127. The molecule has 2 N–H and O–H groups in total. The topological polar surface area (TPSA) is 46.3 Å². The minimum absolute atomic E-state index is 0.114. The van der Waals surface area contributed by atoms with Crippen LogP contribution < -0.4 is 5.73 Å². The van der Waals surface area contributed by atoms with Gasteiger partial charge >= 0.3 is 0 Å². The number of carbonyl (C=O) groups is 1. The average molecular weight is 380 g/mol. The zero-order valence-corrected chi connectivity index (χ0v) is 13.0. The van der Waals surface area contributed by atoms with Gasteiger partial charge in [0.05, 0.1) is 13.4 Å². The van der Waals surface area contributed by atoms with Gasteiger partial charge in [-0.25, -0.2) is 0 Å². The quantitative estimate of drug-likeness (QED) is 0.631. The third kappa shape index (κ3) is 3.62. The van der Waals surface area contributed by atoms with Gasteiger partial charge in [0, 0.05) is 24.4 Å². The summed E-state index contributed by atoms with van der Waals surface area (Å²) in [6, 6.07) is 2.33. The van der Waals surface area contributed by atoms with Crippen LogP contribution in [0.1, 0.15) is 29.6 Å². The lowest BCUT2D eigenvalue weighted by atomic mass is 10.2. The molecule has 0 aromatic carbocycles. The molecule has 1 aromatic heterocycles. The molecule has 92 valence electrons. The fraction of sp³-hybridized carbons (Fsp3) is 0.455. The van der Waals surface area contributed by atoms with Crippen LogP contribution >= 0.6 is 46.1 Å². The Morgan fingerprint density at radius 2 is 2.35 bits per heavy atom. The predicted molar refractivity (Wildman–Crippen MR) is 82.5 cm³/mol. The van der Waals surface area contributed by atoms with E-state index in [1.807, 2.05) is 16.3 Å². The fourth-order valence-corrected chi connectivity index (χ4v) is 3.07. The molecule has 0 spiro atoms. The minimum Gasteiger partial charge on any atom is -0.393 e. The summed E-state index contributed by atoms with van der Waals surface area (Å²) in [5.74, 6) is 0.114. The Bertz CT molecular complexity index is 442. The first-order valence-electron chi connectivity index (χ1n) is 5.41. The van der Waals surface area contributed by atoms with Crippen LogP contribution in [0, 0.1) is 2.88 Å². The third-order valence-electron chi connectivity index (χ3n) is 2.66. The maximum absolute atomic E-state index is 12.3. The van der Waals surface area contributed by atoms with Crippen LogP contribution in [0.15, 0.2) is 11.4 Å². The molecule has 1 heterocycles. The summed E-state index contributed by atoms with van der Waals surface area (Å²) >= 11 is 8.69. The lowest BCUT2D eigenvalue weighted by molar-refractivity contribution is 0.0748. The summed E-state index contributed by atoms with van der Waals surface area (Å²) in [6.45, 7) is 0.644. The first kappa shape index (κ1) is 13.2. The van der Waals surface area contributed by atoms with E-state index in [9.17, 15) is 4.79 Å². The van der Waals surface area contributed by atoms with Crippen LogP contribution in [0.2, 0.25) is 0 Å². The third-order valence-corrected chi connectivity index (χ3v) is 4.66. The molecular formula is C11H13IN2OS2. The Labute approximate surface area is 124 Å². The van der Waals surface area contributed by atoms with Crippen LogP contribution in [0.25, 0.3) is 0 Å². The summed E-state index contributed by atoms with van der Waals surface area (Å²) in [7, 11) is 0. The van der Waals surface area contributed by atoms with Crippen molar-refractivity contribution in [1.29, 1.82) is 0 Å². The van der Waals surface area contributed by atoms with Gasteiger partial charge in [0.1, 0.15) is 0 Å². The first-order chi connectivity index (χ1) is 8.08. The molecule has 0 radical (unpaired) electrons. The van der Waals surface area contributed by atoms with Crippen molar-refractivity contribution in [3.63, 3.8) is 0 Å². The molecule has 17 heavy (non-hydrogen) atoms. The number of nitrogens with zero attached hydrogens (tertiary/aromatic N) is 1. The molecule has 0 atom stereocenters. The van der Waals surface area contributed by atoms with E-state index >= 15 is 0 Å². The lowest BCUT2D eigenvalue weighted by Gasteiger charge is -2.21. The second-order valence-electron chi connectivity index (χ2n) is 4.09. The van der Waals surface area contributed by atoms with Gasteiger partial charge in [0.2, 0.25) is 0 Å². The Morgan fingerprint density at radius 3 is 2.82 bits per heavy atom. The van der Waals surface area contributed by atoms with E-state index in [4.69, 9.17) is 18.0 Å². The zero-order valence-electron chi connectivity index (χ0n) is 9.19. The van der Waals surface area contributed by atoms with Gasteiger partial charge < -0.3 is 10.6 Å². The number of amides is 1. The Balaban J connectivity index is 2.05. The molecule has 6 heteroatoms. The van der Waals surface area contributed by atoms with Crippen molar-refractivity contribution < 1.29 is 4.79 Å². The van der Waals surface area contributed by atoms with E-state index in [1.165, 1.54) is 0 Å². The van der Waals surface area contributed by atoms with Gasteiger partial charge in [0.25, 0.3) is 5.91 Å². The summed E-state index contributed by atoms with van der Waals surface area (Å²) in [4.78, 5) is 14.7. The highest BCUT2D eigenvalue weighted by molar-refractivity contribution is 14.1. The average Bonchev–Trinajstić information content (AvgIpc) is 3.00. The van der Waals surface area contributed by atoms with Crippen LogP contribution in [-0.2, 0) is 0 Å². The number of nitrogens with two attached hydrogens (primary N) is 1. The molecule has 2 rings (SSSR count). The number of thiocarbonyl (C=S) groups is 1. The van der Waals surface area contributed by atoms with Crippen molar-refractivity contribution in [2.24, 2.45) is 5.73 Å². The zero-order chi connectivity index (χ0) is 12.4. The second-order valence-corrected chi connectivity index (χ2v) is 7.42. The number of halogens is 1. The Morgan fingerprint density at radius 1 is 1.65 bits per heavy atom. The van der Waals surface area contributed by atoms with Crippen molar-refractivity contribution >= 4 is 57.0 Å². The summed E-state index contributed by atoms with van der Waals surface area (Å²) in [5.41, 5.74) is 6.28. The van der Waals surface area contributed by atoms with Crippen LogP contribution in [0.3, 0.4) is 0 Å². The molecule has 0 unspecified atom stereocenters. The highest BCUT2D eigenvalue weighted by Gasteiger charge is 2.33. The van der Waals surface area contributed by atoms with Gasteiger partial charge in [0.15, 0.2) is 0 Å². The summed E-state index contributed by atoms with van der Waals surface area (Å²) < 4.78 is 1.14. The maximum Gasteiger partial charge on any atom is 0.254 e. The molecule has 1 saturated carbocycles. The molecule has 0 saturated heterocycles. The van der Waals surface area contributed by atoms with E-state index in [0.29, 0.717) is 24.0 Å².